The summed E-state index contributed by atoms with van der Waals surface area (Å²) in [4.78, 5) is 4.16. The smallest absolute Gasteiger partial charge is 0.252 e. The number of hydrogen-bond acceptors (Lipinski definition) is 4. The van der Waals surface area contributed by atoms with E-state index in [0.29, 0.717) is 17.2 Å². The highest BCUT2D eigenvalue weighted by Gasteiger charge is 2.40. The molecule has 1 aromatic rings. The number of aromatic nitrogens is 2. The first-order valence-corrected chi connectivity index (χ1v) is 5.96. The van der Waals surface area contributed by atoms with E-state index in [2.05, 4.69) is 30.9 Å². The van der Waals surface area contributed by atoms with Crippen LogP contribution < -0.4 is 0 Å². The van der Waals surface area contributed by atoms with Crippen molar-refractivity contribution in [2.45, 2.75) is 46.6 Å². The van der Waals surface area contributed by atoms with Crippen molar-refractivity contribution in [3.8, 4) is 0 Å². The number of hydrogen-bond donors (Lipinski definition) is 1. The van der Waals surface area contributed by atoms with Crippen LogP contribution >= 0.6 is 0 Å². The molecule has 1 saturated carbocycles. The van der Waals surface area contributed by atoms with Gasteiger partial charge in [0, 0.05) is 6.42 Å². The standard InChI is InChI=1S/C12H20N2O2/c1-8-4-5-9(12(8,2)3)6-10-13-11(7-15)16-14-10/h8-9,15H,4-7H2,1-3H3/t8?,9-/m0/s1. The summed E-state index contributed by atoms with van der Waals surface area (Å²) < 4.78 is 4.91. The van der Waals surface area contributed by atoms with E-state index in [-0.39, 0.29) is 6.61 Å². The Kier molecular flexibility index (Phi) is 3.02. The van der Waals surface area contributed by atoms with E-state index in [9.17, 15) is 0 Å². The molecule has 0 saturated heterocycles. The van der Waals surface area contributed by atoms with Gasteiger partial charge < -0.3 is 9.63 Å². The Morgan fingerprint density at radius 2 is 2.19 bits per heavy atom. The van der Waals surface area contributed by atoms with Crippen LogP contribution in [0.15, 0.2) is 4.52 Å². The van der Waals surface area contributed by atoms with Crippen LogP contribution in [0, 0.1) is 17.3 Å². The Morgan fingerprint density at radius 3 is 2.69 bits per heavy atom. The Bertz CT molecular complexity index is 360. The van der Waals surface area contributed by atoms with Crippen molar-refractivity contribution in [2.24, 2.45) is 17.3 Å². The average molecular weight is 224 g/mol. The highest BCUT2D eigenvalue weighted by molar-refractivity contribution is 4.96. The van der Waals surface area contributed by atoms with E-state index in [4.69, 9.17) is 9.63 Å². The zero-order valence-electron chi connectivity index (χ0n) is 10.2. The third-order valence-electron chi connectivity index (χ3n) is 4.34. The van der Waals surface area contributed by atoms with Gasteiger partial charge in [0.2, 0.25) is 0 Å². The Morgan fingerprint density at radius 1 is 1.44 bits per heavy atom. The van der Waals surface area contributed by atoms with Crippen molar-refractivity contribution < 1.29 is 9.63 Å². The maximum atomic E-state index is 8.86. The Labute approximate surface area is 96.1 Å². The van der Waals surface area contributed by atoms with Crippen molar-refractivity contribution in [1.82, 2.24) is 10.1 Å². The molecule has 0 aromatic carbocycles. The molecule has 1 aliphatic rings. The van der Waals surface area contributed by atoms with Crippen LogP contribution in [0.4, 0.5) is 0 Å². The van der Waals surface area contributed by atoms with Gasteiger partial charge in [-0.1, -0.05) is 25.9 Å². The molecule has 1 unspecified atom stereocenters. The highest BCUT2D eigenvalue weighted by atomic mass is 16.5. The highest BCUT2D eigenvalue weighted by Crippen LogP contribution is 2.48. The lowest BCUT2D eigenvalue weighted by Crippen LogP contribution is -2.25. The number of aliphatic hydroxyl groups excluding tert-OH is 1. The molecule has 0 amide bonds. The summed E-state index contributed by atoms with van der Waals surface area (Å²) in [7, 11) is 0. The van der Waals surface area contributed by atoms with Gasteiger partial charge in [-0.25, -0.2) is 0 Å². The van der Waals surface area contributed by atoms with Gasteiger partial charge in [-0.05, 0) is 30.1 Å². The van der Waals surface area contributed by atoms with E-state index in [0.717, 1.165) is 18.2 Å². The first-order chi connectivity index (χ1) is 7.54. The van der Waals surface area contributed by atoms with Gasteiger partial charge in [-0.15, -0.1) is 0 Å². The lowest BCUT2D eigenvalue weighted by molar-refractivity contribution is 0.193. The molecule has 16 heavy (non-hydrogen) atoms. The van der Waals surface area contributed by atoms with Gasteiger partial charge in [-0.2, -0.15) is 4.98 Å². The summed E-state index contributed by atoms with van der Waals surface area (Å²) in [5.41, 5.74) is 0.347. The minimum absolute atomic E-state index is 0.169. The predicted octanol–water partition coefficient (Wildman–Crippen LogP) is 2.18. The van der Waals surface area contributed by atoms with E-state index in [1.54, 1.807) is 0 Å². The van der Waals surface area contributed by atoms with Crippen molar-refractivity contribution in [3.05, 3.63) is 11.7 Å². The zero-order chi connectivity index (χ0) is 11.8. The van der Waals surface area contributed by atoms with Crippen LogP contribution in [0.2, 0.25) is 0 Å². The average Bonchev–Trinajstić information content (AvgIpc) is 2.79. The van der Waals surface area contributed by atoms with Crippen molar-refractivity contribution >= 4 is 0 Å². The van der Waals surface area contributed by atoms with Crippen LogP contribution in [0.3, 0.4) is 0 Å². The van der Waals surface area contributed by atoms with Crippen molar-refractivity contribution in [1.29, 1.82) is 0 Å². The van der Waals surface area contributed by atoms with Gasteiger partial charge in [-0.3, -0.25) is 0 Å². The quantitative estimate of drug-likeness (QED) is 0.854. The number of rotatable bonds is 3. The number of nitrogens with zero attached hydrogens (tertiary/aromatic N) is 2. The molecule has 0 radical (unpaired) electrons. The van der Waals surface area contributed by atoms with Crippen molar-refractivity contribution in [2.75, 3.05) is 0 Å². The van der Waals surface area contributed by atoms with Crippen LogP contribution in [0.5, 0.6) is 0 Å². The molecule has 4 heteroatoms. The first kappa shape index (κ1) is 11.6. The SMILES string of the molecule is CC1CC[C@@H](Cc2noc(CO)n2)C1(C)C. The second-order valence-corrected chi connectivity index (χ2v) is 5.46. The van der Waals surface area contributed by atoms with E-state index < -0.39 is 0 Å². The second kappa shape index (κ2) is 4.17. The fourth-order valence-corrected chi connectivity index (χ4v) is 2.62. The Hall–Kier alpha value is -0.900. The topological polar surface area (TPSA) is 59.2 Å². The molecule has 0 aliphatic heterocycles. The van der Waals surface area contributed by atoms with Crippen LogP contribution in [0.25, 0.3) is 0 Å². The monoisotopic (exact) mass is 224 g/mol. The van der Waals surface area contributed by atoms with Crippen LogP contribution in [-0.4, -0.2) is 15.2 Å². The van der Waals surface area contributed by atoms with Crippen LogP contribution in [-0.2, 0) is 13.0 Å². The lowest BCUT2D eigenvalue weighted by Gasteiger charge is -2.30. The molecule has 2 rings (SSSR count). The molecule has 1 fully saturated rings. The summed E-state index contributed by atoms with van der Waals surface area (Å²) in [5.74, 6) is 2.42. The molecule has 1 aliphatic carbocycles. The van der Waals surface area contributed by atoms with E-state index >= 15 is 0 Å². The van der Waals surface area contributed by atoms with E-state index in [1.165, 1.54) is 12.8 Å². The third-order valence-corrected chi connectivity index (χ3v) is 4.34. The summed E-state index contributed by atoms with van der Waals surface area (Å²) in [6.45, 7) is 6.79. The molecule has 1 heterocycles. The van der Waals surface area contributed by atoms with Gasteiger partial charge in [0.1, 0.15) is 6.61 Å². The maximum absolute atomic E-state index is 8.86. The normalized spacial score (nSPS) is 28.5. The predicted molar refractivity (Wildman–Crippen MR) is 59.6 cm³/mol. The first-order valence-electron chi connectivity index (χ1n) is 5.96. The minimum atomic E-state index is -0.169. The second-order valence-electron chi connectivity index (χ2n) is 5.46. The van der Waals surface area contributed by atoms with Crippen molar-refractivity contribution in [3.63, 3.8) is 0 Å². The summed E-state index contributed by atoms with van der Waals surface area (Å²) in [6.07, 6.45) is 3.38. The molecule has 0 spiro atoms. The summed E-state index contributed by atoms with van der Waals surface area (Å²) >= 11 is 0. The molecule has 4 nitrogen and oxygen atoms in total. The van der Waals surface area contributed by atoms with E-state index in [1.807, 2.05) is 0 Å². The van der Waals surface area contributed by atoms with Gasteiger partial charge in [0.25, 0.3) is 5.89 Å². The molecule has 90 valence electrons. The third kappa shape index (κ3) is 1.98. The molecule has 0 bridgehead atoms. The maximum Gasteiger partial charge on any atom is 0.252 e. The molecule has 1 N–H and O–H groups in total. The fraction of sp³-hybridized carbons (Fsp3) is 0.833. The van der Waals surface area contributed by atoms with Gasteiger partial charge in [0.05, 0.1) is 0 Å². The van der Waals surface area contributed by atoms with Gasteiger partial charge in [0.15, 0.2) is 5.82 Å². The zero-order valence-corrected chi connectivity index (χ0v) is 10.2. The molecular weight excluding hydrogens is 204 g/mol. The van der Waals surface area contributed by atoms with Crippen LogP contribution in [0.1, 0.15) is 45.3 Å². The largest absolute Gasteiger partial charge is 0.387 e. The van der Waals surface area contributed by atoms with Gasteiger partial charge >= 0.3 is 0 Å². The Balaban J connectivity index is 2.05. The summed E-state index contributed by atoms with van der Waals surface area (Å²) in [5, 5.41) is 12.8. The molecule has 2 atom stereocenters. The molecular formula is C12H20N2O2. The summed E-state index contributed by atoms with van der Waals surface area (Å²) in [6, 6.07) is 0. The number of aliphatic hydroxyl groups is 1. The lowest BCUT2D eigenvalue weighted by atomic mass is 9.75. The molecule has 1 aromatic heterocycles. The minimum Gasteiger partial charge on any atom is -0.387 e. The fourth-order valence-electron chi connectivity index (χ4n) is 2.62.